The van der Waals surface area contributed by atoms with Gasteiger partial charge in [-0.3, -0.25) is 4.90 Å². The van der Waals surface area contributed by atoms with E-state index in [1.807, 2.05) is 24.3 Å². The molecule has 0 aliphatic carbocycles. The van der Waals surface area contributed by atoms with Crippen molar-refractivity contribution in [3.8, 4) is 0 Å². The third kappa shape index (κ3) is 2.99. The van der Waals surface area contributed by atoms with E-state index in [0.717, 1.165) is 30.0 Å². The molecule has 2 rings (SSSR count). The maximum atomic E-state index is 9.72. The predicted molar refractivity (Wildman–Crippen MR) is 70.1 cm³/mol. The number of likely N-dealkylation sites (tertiary alicyclic amines) is 1. The van der Waals surface area contributed by atoms with Crippen LogP contribution in [0.25, 0.3) is 0 Å². The molecule has 3 nitrogen and oxygen atoms in total. The van der Waals surface area contributed by atoms with Crippen LogP contribution < -0.4 is 5.73 Å². The Balaban J connectivity index is 2.18. The number of nitrogens with two attached hydrogens (primary N) is 1. The van der Waals surface area contributed by atoms with Crippen molar-refractivity contribution in [2.75, 3.05) is 19.6 Å². The minimum Gasteiger partial charge on any atom is -0.392 e. The summed E-state index contributed by atoms with van der Waals surface area (Å²) in [4.78, 5) is 2.23. The molecule has 0 saturated carbocycles. The van der Waals surface area contributed by atoms with Crippen molar-refractivity contribution in [1.82, 2.24) is 4.90 Å². The van der Waals surface area contributed by atoms with Crippen LogP contribution in [0.1, 0.15) is 24.4 Å². The lowest BCUT2D eigenvalue weighted by Gasteiger charge is -2.36. The van der Waals surface area contributed by atoms with Gasteiger partial charge in [0.25, 0.3) is 0 Å². The first-order valence-electron chi connectivity index (χ1n) is 6.09. The lowest BCUT2D eigenvalue weighted by molar-refractivity contribution is 0.0480. The highest BCUT2D eigenvalue weighted by molar-refractivity contribution is 6.31. The molecule has 2 atom stereocenters. The first-order valence-corrected chi connectivity index (χ1v) is 6.46. The molecule has 0 spiro atoms. The summed E-state index contributed by atoms with van der Waals surface area (Å²) in [7, 11) is 0. The van der Waals surface area contributed by atoms with Crippen LogP contribution in [0.3, 0.4) is 0 Å². The zero-order chi connectivity index (χ0) is 12.3. The number of hydrogen-bond donors (Lipinski definition) is 2. The van der Waals surface area contributed by atoms with Gasteiger partial charge in [-0.2, -0.15) is 0 Å². The first kappa shape index (κ1) is 12.8. The second kappa shape index (κ2) is 5.83. The molecule has 1 aliphatic heterocycles. The van der Waals surface area contributed by atoms with E-state index in [-0.39, 0.29) is 12.1 Å². The van der Waals surface area contributed by atoms with Crippen LogP contribution in [-0.4, -0.2) is 35.7 Å². The van der Waals surface area contributed by atoms with Gasteiger partial charge in [0, 0.05) is 24.2 Å². The summed E-state index contributed by atoms with van der Waals surface area (Å²) in [5, 5.41) is 10.5. The fourth-order valence-corrected chi connectivity index (χ4v) is 2.75. The molecule has 0 amide bonds. The quantitative estimate of drug-likeness (QED) is 0.865. The number of aliphatic hydroxyl groups is 1. The zero-order valence-electron chi connectivity index (χ0n) is 9.85. The van der Waals surface area contributed by atoms with Gasteiger partial charge < -0.3 is 10.8 Å². The van der Waals surface area contributed by atoms with Crippen molar-refractivity contribution in [1.29, 1.82) is 0 Å². The Bertz CT molecular complexity index is 372. The maximum Gasteiger partial charge on any atom is 0.0667 e. The molecule has 1 saturated heterocycles. The van der Waals surface area contributed by atoms with Crippen LogP contribution in [0.4, 0.5) is 0 Å². The number of piperidine rings is 1. The third-order valence-corrected chi connectivity index (χ3v) is 3.70. The minimum absolute atomic E-state index is 0.110. The van der Waals surface area contributed by atoms with E-state index in [0.29, 0.717) is 13.1 Å². The third-order valence-electron chi connectivity index (χ3n) is 3.36. The van der Waals surface area contributed by atoms with Crippen LogP contribution in [0, 0.1) is 0 Å². The molecule has 2 unspecified atom stereocenters. The second-order valence-electron chi connectivity index (χ2n) is 4.56. The molecule has 1 aliphatic rings. The summed E-state index contributed by atoms with van der Waals surface area (Å²) in [5.74, 6) is 0. The van der Waals surface area contributed by atoms with E-state index in [9.17, 15) is 5.11 Å². The van der Waals surface area contributed by atoms with E-state index in [1.165, 1.54) is 0 Å². The summed E-state index contributed by atoms with van der Waals surface area (Å²) in [6.45, 7) is 2.19. The topological polar surface area (TPSA) is 49.5 Å². The van der Waals surface area contributed by atoms with Crippen molar-refractivity contribution < 1.29 is 5.11 Å². The summed E-state index contributed by atoms with van der Waals surface area (Å²) in [6.07, 6.45) is 1.67. The van der Waals surface area contributed by atoms with E-state index < -0.39 is 0 Å². The molecule has 17 heavy (non-hydrogen) atoms. The van der Waals surface area contributed by atoms with Crippen molar-refractivity contribution in [2.45, 2.75) is 25.0 Å². The SMILES string of the molecule is NCC(c1ccccc1Cl)N1CCCC(O)C1. The average Bonchev–Trinajstić information content (AvgIpc) is 2.33. The lowest BCUT2D eigenvalue weighted by Crippen LogP contribution is -2.43. The molecule has 1 fully saturated rings. The Morgan fingerprint density at radius 1 is 1.47 bits per heavy atom. The van der Waals surface area contributed by atoms with Crippen LogP contribution in [0.2, 0.25) is 5.02 Å². The van der Waals surface area contributed by atoms with E-state index >= 15 is 0 Å². The number of halogens is 1. The fourth-order valence-electron chi connectivity index (χ4n) is 2.48. The largest absolute Gasteiger partial charge is 0.392 e. The van der Waals surface area contributed by atoms with Crippen LogP contribution in [0.15, 0.2) is 24.3 Å². The number of rotatable bonds is 3. The van der Waals surface area contributed by atoms with Gasteiger partial charge in [0.1, 0.15) is 0 Å². The Hall–Kier alpha value is -0.610. The van der Waals surface area contributed by atoms with Crippen LogP contribution >= 0.6 is 11.6 Å². The molecular formula is C13H19ClN2O. The summed E-state index contributed by atoms with van der Waals surface area (Å²) in [6, 6.07) is 7.91. The van der Waals surface area contributed by atoms with Crippen LogP contribution in [0.5, 0.6) is 0 Å². The van der Waals surface area contributed by atoms with Crippen molar-refractivity contribution >= 4 is 11.6 Å². The number of hydrogen-bond acceptors (Lipinski definition) is 3. The minimum atomic E-state index is -0.236. The molecule has 1 aromatic rings. The Kier molecular flexibility index (Phi) is 4.40. The molecule has 1 heterocycles. The second-order valence-corrected chi connectivity index (χ2v) is 4.97. The molecule has 4 heteroatoms. The number of nitrogens with zero attached hydrogens (tertiary/aromatic N) is 1. The number of β-amino-alcohol motifs (C(OH)–C–C–N with tert-alkyl or cyclic N) is 1. The summed E-state index contributed by atoms with van der Waals surface area (Å²) < 4.78 is 0. The van der Waals surface area contributed by atoms with E-state index in [4.69, 9.17) is 17.3 Å². The molecule has 3 N–H and O–H groups in total. The number of aliphatic hydroxyl groups excluding tert-OH is 1. The first-order chi connectivity index (χ1) is 8.22. The molecular weight excluding hydrogens is 236 g/mol. The van der Waals surface area contributed by atoms with E-state index in [1.54, 1.807) is 0 Å². The lowest BCUT2D eigenvalue weighted by atomic mass is 10.0. The average molecular weight is 255 g/mol. The standard InChI is InChI=1S/C13H19ClN2O/c14-12-6-2-1-5-11(12)13(8-15)16-7-3-4-10(17)9-16/h1-2,5-6,10,13,17H,3-4,7-9,15H2. The van der Waals surface area contributed by atoms with Gasteiger partial charge in [-0.15, -0.1) is 0 Å². The highest BCUT2D eigenvalue weighted by Gasteiger charge is 2.26. The summed E-state index contributed by atoms with van der Waals surface area (Å²) in [5.41, 5.74) is 6.93. The van der Waals surface area contributed by atoms with Gasteiger partial charge >= 0.3 is 0 Å². The van der Waals surface area contributed by atoms with Gasteiger partial charge in [-0.05, 0) is 31.0 Å². The van der Waals surface area contributed by atoms with Gasteiger partial charge in [0.05, 0.1) is 6.10 Å². The Morgan fingerprint density at radius 3 is 2.88 bits per heavy atom. The Morgan fingerprint density at radius 2 is 2.24 bits per heavy atom. The maximum absolute atomic E-state index is 9.72. The Labute approximate surface area is 107 Å². The molecule has 0 radical (unpaired) electrons. The number of benzene rings is 1. The molecule has 1 aromatic carbocycles. The molecule has 0 bridgehead atoms. The highest BCUT2D eigenvalue weighted by Crippen LogP contribution is 2.28. The highest BCUT2D eigenvalue weighted by atomic mass is 35.5. The van der Waals surface area contributed by atoms with Gasteiger partial charge in [0.15, 0.2) is 0 Å². The van der Waals surface area contributed by atoms with Gasteiger partial charge in [-0.25, -0.2) is 0 Å². The molecule has 0 aromatic heterocycles. The fraction of sp³-hybridized carbons (Fsp3) is 0.538. The zero-order valence-corrected chi connectivity index (χ0v) is 10.6. The predicted octanol–water partition coefficient (Wildman–Crippen LogP) is 1.80. The van der Waals surface area contributed by atoms with Crippen molar-refractivity contribution in [2.24, 2.45) is 5.73 Å². The van der Waals surface area contributed by atoms with Gasteiger partial charge in [0.2, 0.25) is 0 Å². The smallest absolute Gasteiger partial charge is 0.0667 e. The van der Waals surface area contributed by atoms with Crippen molar-refractivity contribution in [3.05, 3.63) is 34.9 Å². The van der Waals surface area contributed by atoms with Crippen molar-refractivity contribution in [3.63, 3.8) is 0 Å². The summed E-state index contributed by atoms with van der Waals surface area (Å²) >= 11 is 6.21. The monoisotopic (exact) mass is 254 g/mol. The van der Waals surface area contributed by atoms with E-state index in [2.05, 4.69) is 4.90 Å². The van der Waals surface area contributed by atoms with Crippen LogP contribution in [-0.2, 0) is 0 Å². The molecule has 94 valence electrons. The van der Waals surface area contributed by atoms with Gasteiger partial charge in [-0.1, -0.05) is 29.8 Å². The normalized spacial score (nSPS) is 23.6.